The molecule has 4 atom stereocenters. The van der Waals surface area contributed by atoms with Gasteiger partial charge in [-0.15, -0.1) is 0 Å². The van der Waals surface area contributed by atoms with Crippen LogP contribution in [0.2, 0.25) is 0 Å². The highest BCUT2D eigenvalue weighted by atomic mass is 16.5. The van der Waals surface area contributed by atoms with Crippen molar-refractivity contribution >= 4 is 11.8 Å². The molecule has 2 aliphatic rings. The number of Topliss-reactive ketones (excluding diaryl/α,β-unsaturated/α-hetero) is 1. The number of methoxy groups -OCH3 is 1. The Kier molecular flexibility index (Phi) is 3.26. The highest BCUT2D eigenvalue weighted by Gasteiger charge is 2.61. The van der Waals surface area contributed by atoms with E-state index < -0.39 is 16.9 Å². The first-order chi connectivity index (χ1) is 8.37. The summed E-state index contributed by atoms with van der Waals surface area (Å²) < 4.78 is 4.88. The molecule has 0 radical (unpaired) electrons. The number of carbonyl (C=O) groups excluding carboxylic acids is 2. The molecular formula is C14H22O4. The maximum atomic E-state index is 12.2. The minimum Gasteiger partial charge on any atom is -0.469 e. The summed E-state index contributed by atoms with van der Waals surface area (Å²) in [7, 11) is 1.34. The standard InChI is InChI=1S/C14H22O4/c1-13-8-7-11(16)14(2,12(17)18-3)9(13)5-4-6-10(13)15/h9,11,16H,4-8H2,1-3H3/t9-,11+,13+,14-/m1/s1. The first-order valence-corrected chi connectivity index (χ1v) is 6.67. The lowest BCUT2D eigenvalue weighted by Gasteiger charge is -2.54. The molecule has 4 nitrogen and oxygen atoms in total. The summed E-state index contributed by atoms with van der Waals surface area (Å²) in [6, 6.07) is 0. The maximum Gasteiger partial charge on any atom is 0.314 e. The molecule has 0 aromatic carbocycles. The molecular weight excluding hydrogens is 232 g/mol. The van der Waals surface area contributed by atoms with Gasteiger partial charge in [0.05, 0.1) is 18.6 Å². The molecule has 2 rings (SSSR count). The topological polar surface area (TPSA) is 63.6 Å². The van der Waals surface area contributed by atoms with Crippen molar-refractivity contribution in [1.82, 2.24) is 0 Å². The van der Waals surface area contributed by atoms with Gasteiger partial charge in [-0.3, -0.25) is 9.59 Å². The molecule has 0 aliphatic heterocycles. The summed E-state index contributed by atoms with van der Waals surface area (Å²) in [5.74, 6) is -0.260. The van der Waals surface area contributed by atoms with Crippen molar-refractivity contribution in [2.75, 3.05) is 7.11 Å². The van der Waals surface area contributed by atoms with Crippen LogP contribution < -0.4 is 0 Å². The number of carbonyl (C=O) groups is 2. The first kappa shape index (κ1) is 13.5. The summed E-state index contributed by atoms with van der Waals surface area (Å²) in [5.41, 5.74) is -1.42. The number of aliphatic hydroxyl groups is 1. The van der Waals surface area contributed by atoms with E-state index in [1.807, 2.05) is 6.92 Å². The minimum absolute atomic E-state index is 0.109. The van der Waals surface area contributed by atoms with E-state index in [4.69, 9.17) is 4.74 Å². The Labute approximate surface area is 108 Å². The van der Waals surface area contributed by atoms with Crippen LogP contribution in [0.1, 0.15) is 46.0 Å². The molecule has 102 valence electrons. The Morgan fingerprint density at radius 1 is 1.39 bits per heavy atom. The molecule has 0 unspecified atom stereocenters. The fourth-order valence-electron chi connectivity index (χ4n) is 4.01. The van der Waals surface area contributed by atoms with Gasteiger partial charge in [-0.1, -0.05) is 6.92 Å². The quantitative estimate of drug-likeness (QED) is 0.723. The molecule has 2 fully saturated rings. The third-order valence-electron chi connectivity index (χ3n) is 5.28. The zero-order valence-corrected chi connectivity index (χ0v) is 11.4. The van der Waals surface area contributed by atoms with Crippen molar-refractivity contribution in [3.63, 3.8) is 0 Å². The number of hydrogen-bond acceptors (Lipinski definition) is 4. The SMILES string of the molecule is COC(=O)[C@@]1(C)[C@@H](O)CC[C@]2(C)C(=O)CCC[C@@H]12. The van der Waals surface area contributed by atoms with Gasteiger partial charge in [0.2, 0.25) is 0 Å². The van der Waals surface area contributed by atoms with Gasteiger partial charge in [-0.25, -0.2) is 0 Å². The van der Waals surface area contributed by atoms with Gasteiger partial charge >= 0.3 is 5.97 Å². The third kappa shape index (κ3) is 1.62. The molecule has 0 aromatic heterocycles. The van der Waals surface area contributed by atoms with Crippen LogP contribution in [0, 0.1) is 16.7 Å². The monoisotopic (exact) mass is 254 g/mol. The van der Waals surface area contributed by atoms with E-state index in [9.17, 15) is 14.7 Å². The lowest BCUT2D eigenvalue weighted by molar-refractivity contribution is -0.184. The second-order valence-corrected chi connectivity index (χ2v) is 6.11. The van der Waals surface area contributed by atoms with Crippen LogP contribution in [0.5, 0.6) is 0 Å². The van der Waals surface area contributed by atoms with E-state index in [0.29, 0.717) is 19.3 Å². The number of ether oxygens (including phenoxy) is 1. The van der Waals surface area contributed by atoms with Crippen LogP contribution in [0.3, 0.4) is 0 Å². The Morgan fingerprint density at radius 2 is 2.06 bits per heavy atom. The first-order valence-electron chi connectivity index (χ1n) is 6.67. The van der Waals surface area contributed by atoms with E-state index in [1.54, 1.807) is 6.92 Å². The lowest BCUT2D eigenvalue weighted by Crippen LogP contribution is -2.59. The number of hydrogen-bond donors (Lipinski definition) is 1. The fraction of sp³-hybridized carbons (Fsp3) is 0.857. The predicted molar refractivity (Wildman–Crippen MR) is 65.8 cm³/mol. The van der Waals surface area contributed by atoms with Crippen LogP contribution in [0.25, 0.3) is 0 Å². The highest BCUT2D eigenvalue weighted by Crippen LogP contribution is 2.56. The summed E-state index contributed by atoms with van der Waals surface area (Å²) in [5, 5.41) is 10.3. The molecule has 4 heteroatoms. The largest absolute Gasteiger partial charge is 0.469 e. The Balaban J connectivity index is 2.44. The molecule has 1 N–H and O–H groups in total. The van der Waals surface area contributed by atoms with E-state index >= 15 is 0 Å². The second kappa shape index (κ2) is 4.34. The molecule has 0 aromatic rings. The highest BCUT2D eigenvalue weighted by molar-refractivity contribution is 5.88. The molecule has 18 heavy (non-hydrogen) atoms. The van der Waals surface area contributed by atoms with E-state index in [-0.39, 0.29) is 17.7 Å². The molecule has 0 heterocycles. The van der Waals surface area contributed by atoms with E-state index in [0.717, 1.165) is 12.8 Å². The number of rotatable bonds is 1. The molecule has 0 amide bonds. The second-order valence-electron chi connectivity index (χ2n) is 6.11. The molecule has 0 saturated heterocycles. The van der Waals surface area contributed by atoms with Crippen molar-refractivity contribution in [2.45, 2.75) is 52.1 Å². The van der Waals surface area contributed by atoms with E-state index in [2.05, 4.69) is 0 Å². The number of fused-ring (bicyclic) bond motifs is 1. The number of ketones is 1. The van der Waals surface area contributed by atoms with E-state index in [1.165, 1.54) is 7.11 Å². The Hall–Kier alpha value is -0.900. The van der Waals surface area contributed by atoms with Crippen molar-refractivity contribution in [1.29, 1.82) is 0 Å². The lowest BCUT2D eigenvalue weighted by atomic mass is 9.50. The molecule has 0 spiro atoms. The Morgan fingerprint density at radius 3 is 2.67 bits per heavy atom. The van der Waals surface area contributed by atoms with Gasteiger partial charge in [0, 0.05) is 11.8 Å². The molecule has 0 bridgehead atoms. The minimum atomic E-state index is -0.947. The van der Waals surface area contributed by atoms with Crippen LogP contribution in [0.15, 0.2) is 0 Å². The van der Waals surface area contributed by atoms with Crippen LogP contribution in [-0.2, 0) is 14.3 Å². The van der Waals surface area contributed by atoms with Crippen LogP contribution in [0.4, 0.5) is 0 Å². The molecule has 2 saturated carbocycles. The summed E-state index contributed by atoms with van der Waals surface area (Å²) in [6.45, 7) is 3.70. The zero-order valence-electron chi connectivity index (χ0n) is 11.4. The maximum absolute atomic E-state index is 12.2. The average Bonchev–Trinajstić information content (AvgIpc) is 2.36. The third-order valence-corrected chi connectivity index (χ3v) is 5.28. The summed E-state index contributed by atoms with van der Waals surface area (Å²) in [4.78, 5) is 24.3. The van der Waals surface area contributed by atoms with Gasteiger partial charge in [0.1, 0.15) is 5.78 Å². The van der Waals surface area contributed by atoms with Gasteiger partial charge in [0.15, 0.2) is 0 Å². The van der Waals surface area contributed by atoms with Crippen molar-refractivity contribution in [2.24, 2.45) is 16.7 Å². The summed E-state index contributed by atoms with van der Waals surface area (Å²) in [6.07, 6.45) is 2.66. The summed E-state index contributed by atoms with van der Waals surface area (Å²) >= 11 is 0. The van der Waals surface area contributed by atoms with Gasteiger partial charge < -0.3 is 9.84 Å². The van der Waals surface area contributed by atoms with Crippen molar-refractivity contribution in [3.8, 4) is 0 Å². The predicted octanol–water partition coefficient (Wildman–Crippen LogP) is 1.70. The van der Waals surface area contributed by atoms with Crippen molar-refractivity contribution < 1.29 is 19.4 Å². The smallest absolute Gasteiger partial charge is 0.314 e. The molecule has 2 aliphatic carbocycles. The zero-order chi connectivity index (χ0) is 13.6. The van der Waals surface area contributed by atoms with Gasteiger partial charge in [0.25, 0.3) is 0 Å². The average molecular weight is 254 g/mol. The van der Waals surface area contributed by atoms with Crippen LogP contribution >= 0.6 is 0 Å². The fourth-order valence-corrected chi connectivity index (χ4v) is 4.01. The number of esters is 1. The van der Waals surface area contributed by atoms with Gasteiger partial charge in [-0.05, 0) is 38.5 Å². The van der Waals surface area contributed by atoms with Gasteiger partial charge in [-0.2, -0.15) is 0 Å². The van der Waals surface area contributed by atoms with Crippen LogP contribution in [-0.4, -0.2) is 30.1 Å². The number of aliphatic hydroxyl groups excluding tert-OH is 1. The Bertz CT molecular complexity index is 378. The van der Waals surface area contributed by atoms with Crippen molar-refractivity contribution in [3.05, 3.63) is 0 Å². The normalized spacial score (nSPS) is 44.3.